The third kappa shape index (κ3) is 2.03. The SMILES string of the molecule is O=C(O)c1ccc2c(c1)CCCN2C(=O)c1ncn[nH]1. The van der Waals surface area contributed by atoms with Crippen LogP contribution in [0.4, 0.5) is 5.69 Å². The first kappa shape index (κ1) is 12.3. The molecule has 102 valence electrons. The van der Waals surface area contributed by atoms with Crippen LogP contribution in [0.1, 0.15) is 33.0 Å². The number of benzene rings is 1. The van der Waals surface area contributed by atoms with Gasteiger partial charge in [0.25, 0.3) is 5.91 Å². The first-order chi connectivity index (χ1) is 9.66. The second kappa shape index (κ2) is 4.76. The number of amides is 1. The number of aromatic amines is 1. The molecule has 2 N–H and O–H groups in total. The highest BCUT2D eigenvalue weighted by Gasteiger charge is 2.25. The molecule has 2 aromatic rings. The second-order valence-corrected chi connectivity index (χ2v) is 4.54. The highest BCUT2D eigenvalue weighted by molar-refractivity contribution is 6.04. The van der Waals surface area contributed by atoms with E-state index in [0.717, 1.165) is 24.1 Å². The first-order valence-corrected chi connectivity index (χ1v) is 6.20. The average molecular weight is 272 g/mol. The number of aromatic carboxylic acids is 1. The minimum absolute atomic E-state index is 0.181. The second-order valence-electron chi connectivity index (χ2n) is 4.54. The molecule has 3 rings (SSSR count). The van der Waals surface area contributed by atoms with E-state index in [-0.39, 0.29) is 17.3 Å². The Balaban J connectivity index is 1.98. The summed E-state index contributed by atoms with van der Waals surface area (Å²) in [7, 11) is 0. The van der Waals surface area contributed by atoms with Crippen molar-refractivity contribution in [3.05, 3.63) is 41.5 Å². The molecule has 0 fully saturated rings. The number of carboxylic acid groups (broad SMARTS) is 1. The molecule has 1 aliphatic rings. The fourth-order valence-electron chi connectivity index (χ4n) is 2.38. The zero-order valence-corrected chi connectivity index (χ0v) is 10.5. The van der Waals surface area contributed by atoms with Gasteiger partial charge in [-0.3, -0.25) is 9.89 Å². The van der Waals surface area contributed by atoms with Crippen LogP contribution in [0.15, 0.2) is 24.5 Å². The maximum absolute atomic E-state index is 12.3. The van der Waals surface area contributed by atoms with Gasteiger partial charge in [0.15, 0.2) is 0 Å². The van der Waals surface area contributed by atoms with Crippen LogP contribution in [0, 0.1) is 0 Å². The van der Waals surface area contributed by atoms with Gasteiger partial charge >= 0.3 is 5.97 Å². The lowest BCUT2D eigenvalue weighted by Gasteiger charge is -2.28. The van der Waals surface area contributed by atoms with Gasteiger partial charge < -0.3 is 10.0 Å². The van der Waals surface area contributed by atoms with Gasteiger partial charge in [-0.15, -0.1) is 0 Å². The Hall–Kier alpha value is -2.70. The highest BCUT2D eigenvalue weighted by atomic mass is 16.4. The molecule has 0 spiro atoms. The van der Waals surface area contributed by atoms with Crippen LogP contribution in [0.5, 0.6) is 0 Å². The number of carboxylic acids is 1. The van der Waals surface area contributed by atoms with Crippen LogP contribution >= 0.6 is 0 Å². The lowest BCUT2D eigenvalue weighted by Crippen LogP contribution is -2.36. The van der Waals surface area contributed by atoms with E-state index in [9.17, 15) is 9.59 Å². The molecule has 0 bridgehead atoms. The molecule has 0 aliphatic carbocycles. The van der Waals surface area contributed by atoms with E-state index in [1.165, 1.54) is 12.4 Å². The number of hydrogen-bond acceptors (Lipinski definition) is 4. The molecule has 0 unspecified atom stereocenters. The number of H-pyrrole nitrogens is 1. The smallest absolute Gasteiger partial charge is 0.335 e. The zero-order valence-electron chi connectivity index (χ0n) is 10.5. The topological polar surface area (TPSA) is 99.2 Å². The Kier molecular flexibility index (Phi) is 2.94. The number of carbonyl (C=O) groups is 2. The Bertz CT molecular complexity index is 666. The summed E-state index contributed by atoms with van der Waals surface area (Å²) in [5.41, 5.74) is 1.84. The summed E-state index contributed by atoms with van der Waals surface area (Å²) in [6.07, 6.45) is 2.83. The van der Waals surface area contributed by atoms with Crippen LogP contribution in [0.25, 0.3) is 0 Å². The van der Waals surface area contributed by atoms with E-state index in [1.807, 2.05) is 0 Å². The Morgan fingerprint density at radius 1 is 1.35 bits per heavy atom. The predicted octanol–water partition coefficient (Wildman–Crippen LogP) is 1.10. The van der Waals surface area contributed by atoms with Gasteiger partial charge in [0.05, 0.1) is 5.56 Å². The van der Waals surface area contributed by atoms with Crippen molar-refractivity contribution in [1.29, 1.82) is 0 Å². The summed E-state index contributed by atoms with van der Waals surface area (Å²) >= 11 is 0. The minimum Gasteiger partial charge on any atom is -0.478 e. The summed E-state index contributed by atoms with van der Waals surface area (Å²) in [6, 6.07) is 4.80. The van der Waals surface area contributed by atoms with Gasteiger partial charge in [-0.25, -0.2) is 9.78 Å². The molecule has 20 heavy (non-hydrogen) atoms. The molecular weight excluding hydrogens is 260 g/mol. The van der Waals surface area contributed by atoms with E-state index in [1.54, 1.807) is 17.0 Å². The number of anilines is 1. The van der Waals surface area contributed by atoms with Gasteiger partial charge in [-0.05, 0) is 36.6 Å². The summed E-state index contributed by atoms with van der Waals surface area (Å²) < 4.78 is 0. The molecule has 7 heteroatoms. The molecule has 0 atom stereocenters. The fourth-order valence-corrected chi connectivity index (χ4v) is 2.38. The van der Waals surface area contributed by atoms with Crippen molar-refractivity contribution < 1.29 is 14.7 Å². The van der Waals surface area contributed by atoms with Crippen molar-refractivity contribution >= 4 is 17.6 Å². The molecule has 0 saturated heterocycles. The van der Waals surface area contributed by atoms with E-state index < -0.39 is 5.97 Å². The van der Waals surface area contributed by atoms with Crippen LogP contribution in [-0.2, 0) is 6.42 Å². The highest BCUT2D eigenvalue weighted by Crippen LogP contribution is 2.28. The molecule has 1 aromatic carbocycles. The van der Waals surface area contributed by atoms with E-state index in [4.69, 9.17) is 5.11 Å². The van der Waals surface area contributed by atoms with Crippen molar-refractivity contribution in [1.82, 2.24) is 15.2 Å². The van der Waals surface area contributed by atoms with E-state index >= 15 is 0 Å². The third-order valence-corrected chi connectivity index (χ3v) is 3.31. The monoisotopic (exact) mass is 272 g/mol. The van der Waals surface area contributed by atoms with E-state index in [2.05, 4.69) is 15.2 Å². The lowest BCUT2D eigenvalue weighted by molar-refractivity contribution is 0.0696. The summed E-state index contributed by atoms with van der Waals surface area (Å²) in [5.74, 6) is -1.04. The van der Waals surface area contributed by atoms with Crippen LogP contribution in [-0.4, -0.2) is 38.7 Å². The maximum atomic E-state index is 12.3. The maximum Gasteiger partial charge on any atom is 0.335 e. The van der Waals surface area contributed by atoms with Crippen molar-refractivity contribution in [3.63, 3.8) is 0 Å². The number of carbonyl (C=O) groups excluding carboxylic acids is 1. The summed E-state index contributed by atoms with van der Waals surface area (Å²) in [5, 5.41) is 15.2. The number of hydrogen-bond donors (Lipinski definition) is 2. The molecule has 0 saturated carbocycles. The molecule has 2 heterocycles. The number of aryl methyl sites for hydroxylation is 1. The minimum atomic E-state index is -0.966. The predicted molar refractivity (Wildman–Crippen MR) is 69.8 cm³/mol. The van der Waals surface area contributed by atoms with Crippen LogP contribution in [0.3, 0.4) is 0 Å². The van der Waals surface area contributed by atoms with Crippen LogP contribution < -0.4 is 4.90 Å². The van der Waals surface area contributed by atoms with Gasteiger partial charge in [-0.2, -0.15) is 5.10 Å². The van der Waals surface area contributed by atoms with Crippen molar-refractivity contribution in [3.8, 4) is 0 Å². The standard InChI is InChI=1S/C13H12N4O3/c18-12(11-14-7-15-16-11)17-5-1-2-8-6-9(13(19)20)3-4-10(8)17/h3-4,6-7H,1-2,5H2,(H,19,20)(H,14,15,16). The van der Waals surface area contributed by atoms with Crippen molar-refractivity contribution in [2.75, 3.05) is 11.4 Å². The van der Waals surface area contributed by atoms with Gasteiger partial charge in [0.1, 0.15) is 6.33 Å². The van der Waals surface area contributed by atoms with Crippen LogP contribution in [0.2, 0.25) is 0 Å². The molecule has 1 aromatic heterocycles. The largest absolute Gasteiger partial charge is 0.478 e. The third-order valence-electron chi connectivity index (χ3n) is 3.31. The van der Waals surface area contributed by atoms with Crippen molar-refractivity contribution in [2.45, 2.75) is 12.8 Å². The Morgan fingerprint density at radius 3 is 2.90 bits per heavy atom. The molecular formula is C13H12N4O3. The Labute approximate surface area is 114 Å². The number of aromatic nitrogens is 3. The summed E-state index contributed by atoms with van der Waals surface area (Å²) in [6.45, 7) is 0.582. The lowest BCUT2D eigenvalue weighted by atomic mass is 9.99. The normalized spacial score (nSPS) is 13.9. The summed E-state index contributed by atoms with van der Waals surface area (Å²) in [4.78, 5) is 28.8. The quantitative estimate of drug-likeness (QED) is 0.852. The van der Waals surface area contributed by atoms with E-state index in [0.29, 0.717) is 6.54 Å². The average Bonchev–Trinajstić information content (AvgIpc) is 2.99. The number of nitrogens with one attached hydrogen (secondary N) is 1. The Morgan fingerprint density at radius 2 is 2.20 bits per heavy atom. The van der Waals surface area contributed by atoms with Gasteiger partial charge in [-0.1, -0.05) is 0 Å². The molecule has 7 nitrogen and oxygen atoms in total. The zero-order chi connectivity index (χ0) is 14.1. The van der Waals surface area contributed by atoms with Gasteiger partial charge in [0.2, 0.25) is 5.82 Å². The molecule has 0 radical (unpaired) electrons. The number of nitrogens with zero attached hydrogens (tertiary/aromatic N) is 3. The molecule has 1 aliphatic heterocycles. The molecule has 1 amide bonds. The van der Waals surface area contributed by atoms with Crippen molar-refractivity contribution in [2.24, 2.45) is 0 Å². The number of fused-ring (bicyclic) bond motifs is 1. The first-order valence-electron chi connectivity index (χ1n) is 6.20. The van der Waals surface area contributed by atoms with Gasteiger partial charge in [0, 0.05) is 12.2 Å². The number of rotatable bonds is 2. The fraction of sp³-hybridized carbons (Fsp3) is 0.231.